The molecular weight excluding hydrogens is 287 g/mol. The first kappa shape index (κ1) is 12.0. The summed E-state index contributed by atoms with van der Waals surface area (Å²) >= 11 is 8.81. The summed E-state index contributed by atoms with van der Waals surface area (Å²) in [5.41, 5.74) is -0.126. The largest absolute Gasteiger partial charge is 0.478 e. The van der Waals surface area contributed by atoms with Crippen LogP contribution in [0.4, 0.5) is 0 Å². The number of carbonyl (C=O) groups is 2. The Hall–Kier alpha value is -1.07. The van der Waals surface area contributed by atoms with Crippen LogP contribution in [0, 0.1) is 0 Å². The number of hydrogen-bond donors (Lipinski definition) is 1. The van der Waals surface area contributed by atoms with Gasteiger partial charge in [0.15, 0.2) is 0 Å². The molecule has 6 heteroatoms. The molecule has 0 amide bonds. The molecule has 0 bridgehead atoms. The van der Waals surface area contributed by atoms with Crippen molar-refractivity contribution in [3.8, 4) is 0 Å². The fourth-order valence-corrected chi connectivity index (χ4v) is 1.95. The Morgan fingerprint density at radius 2 is 2.07 bits per heavy atom. The Kier molecular flexibility index (Phi) is 3.71. The normalized spacial score (nSPS) is 9.80. The fraction of sp³-hybridized carbons (Fsp3) is 0.111. The van der Waals surface area contributed by atoms with Crippen molar-refractivity contribution in [2.45, 2.75) is 0 Å². The van der Waals surface area contributed by atoms with Gasteiger partial charge >= 0.3 is 11.9 Å². The quantitative estimate of drug-likeness (QED) is 0.851. The van der Waals surface area contributed by atoms with Crippen molar-refractivity contribution in [1.82, 2.24) is 0 Å². The van der Waals surface area contributed by atoms with E-state index in [1.54, 1.807) is 0 Å². The highest BCUT2D eigenvalue weighted by Crippen LogP contribution is 2.28. The first-order chi connectivity index (χ1) is 6.99. The molecule has 0 aliphatic heterocycles. The van der Waals surface area contributed by atoms with Crippen LogP contribution in [0.5, 0.6) is 0 Å². The lowest BCUT2D eigenvalue weighted by Crippen LogP contribution is -2.07. The Balaban J connectivity index is 3.41. The van der Waals surface area contributed by atoms with Crippen molar-refractivity contribution in [2.75, 3.05) is 7.11 Å². The molecule has 0 fully saturated rings. The van der Waals surface area contributed by atoms with E-state index in [-0.39, 0.29) is 16.1 Å². The molecule has 0 saturated carbocycles. The molecule has 1 N–H and O–H groups in total. The Morgan fingerprint density at radius 1 is 1.47 bits per heavy atom. The maximum atomic E-state index is 11.2. The van der Waals surface area contributed by atoms with E-state index >= 15 is 0 Å². The number of esters is 1. The minimum atomic E-state index is -1.21. The van der Waals surface area contributed by atoms with E-state index in [1.165, 1.54) is 19.2 Å². The van der Waals surface area contributed by atoms with Crippen molar-refractivity contribution in [3.63, 3.8) is 0 Å². The molecule has 1 rings (SSSR count). The van der Waals surface area contributed by atoms with Crippen molar-refractivity contribution in [3.05, 3.63) is 32.8 Å². The Morgan fingerprint density at radius 3 is 2.53 bits per heavy atom. The molecule has 15 heavy (non-hydrogen) atoms. The number of carboxylic acids is 1. The lowest BCUT2D eigenvalue weighted by molar-refractivity contribution is 0.0601. The average Bonchev–Trinajstić information content (AvgIpc) is 2.16. The number of hydrogen-bond acceptors (Lipinski definition) is 3. The van der Waals surface area contributed by atoms with Gasteiger partial charge in [0.25, 0.3) is 0 Å². The Labute approximate surface area is 98.9 Å². The molecule has 0 aliphatic rings. The molecule has 0 spiro atoms. The van der Waals surface area contributed by atoms with Gasteiger partial charge in [-0.15, -0.1) is 0 Å². The van der Waals surface area contributed by atoms with E-state index < -0.39 is 11.9 Å². The fourth-order valence-electron chi connectivity index (χ4n) is 1.02. The second kappa shape index (κ2) is 4.63. The minimum Gasteiger partial charge on any atom is -0.478 e. The second-order valence-electron chi connectivity index (χ2n) is 2.58. The van der Waals surface area contributed by atoms with Crippen molar-refractivity contribution >= 4 is 39.5 Å². The maximum Gasteiger partial charge on any atom is 0.339 e. The van der Waals surface area contributed by atoms with Crippen LogP contribution in [-0.4, -0.2) is 24.2 Å². The van der Waals surface area contributed by atoms with Gasteiger partial charge < -0.3 is 9.84 Å². The molecule has 0 unspecified atom stereocenters. The summed E-state index contributed by atoms with van der Waals surface area (Å²) in [6, 6.07) is 2.83. The van der Waals surface area contributed by atoms with E-state index in [9.17, 15) is 9.59 Å². The van der Waals surface area contributed by atoms with Gasteiger partial charge in [0, 0.05) is 4.47 Å². The average molecular weight is 294 g/mol. The minimum absolute atomic E-state index is 0.0276. The van der Waals surface area contributed by atoms with Crippen LogP contribution in [-0.2, 0) is 4.74 Å². The van der Waals surface area contributed by atoms with Crippen LogP contribution in [0.3, 0.4) is 0 Å². The second-order valence-corrected chi connectivity index (χ2v) is 3.81. The predicted molar refractivity (Wildman–Crippen MR) is 57.5 cm³/mol. The van der Waals surface area contributed by atoms with E-state index in [1.807, 2.05) is 0 Å². The summed E-state index contributed by atoms with van der Waals surface area (Å²) < 4.78 is 4.77. The third-order valence-electron chi connectivity index (χ3n) is 1.71. The van der Waals surface area contributed by atoms with E-state index in [0.29, 0.717) is 4.47 Å². The summed E-state index contributed by atoms with van der Waals surface area (Å²) in [7, 11) is 1.20. The lowest BCUT2D eigenvalue weighted by Gasteiger charge is -2.06. The number of carboxylic acid groups (broad SMARTS) is 1. The van der Waals surface area contributed by atoms with Crippen LogP contribution in [0.25, 0.3) is 0 Å². The highest BCUT2D eigenvalue weighted by Gasteiger charge is 2.20. The van der Waals surface area contributed by atoms with Crippen LogP contribution in [0.15, 0.2) is 16.6 Å². The van der Waals surface area contributed by atoms with E-state index in [0.717, 1.165) is 0 Å². The zero-order chi connectivity index (χ0) is 11.6. The van der Waals surface area contributed by atoms with Crippen LogP contribution in [0.2, 0.25) is 5.02 Å². The van der Waals surface area contributed by atoms with Crippen LogP contribution < -0.4 is 0 Å². The number of ether oxygens (including phenoxy) is 1. The summed E-state index contributed by atoms with van der Waals surface area (Å²) in [5, 5.41) is 8.72. The van der Waals surface area contributed by atoms with Gasteiger partial charge in [-0.3, -0.25) is 0 Å². The van der Waals surface area contributed by atoms with Gasteiger partial charge in [-0.05, 0) is 28.1 Å². The van der Waals surface area contributed by atoms with E-state index in [4.69, 9.17) is 16.7 Å². The highest BCUT2D eigenvalue weighted by atomic mass is 79.9. The first-order valence-electron chi connectivity index (χ1n) is 3.78. The molecule has 1 aromatic rings. The van der Waals surface area contributed by atoms with E-state index in [2.05, 4.69) is 20.7 Å². The first-order valence-corrected chi connectivity index (χ1v) is 4.95. The highest BCUT2D eigenvalue weighted by molar-refractivity contribution is 9.10. The molecule has 0 aromatic heterocycles. The topological polar surface area (TPSA) is 63.6 Å². The van der Waals surface area contributed by atoms with Gasteiger partial charge in [0.2, 0.25) is 0 Å². The van der Waals surface area contributed by atoms with Crippen molar-refractivity contribution < 1.29 is 19.4 Å². The molecule has 1 aromatic carbocycles. The number of benzene rings is 1. The van der Waals surface area contributed by atoms with Gasteiger partial charge in [0.1, 0.15) is 0 Å². The number of halogens is 2. The molecule has 0 radical (unpaired) electrons. The molecule has 4 nitrogen and oxygen atoms in total. The smallest absolute Gasteiger partial charge is 0.339 e. The van der Waals surface area contributed by atoms with Crippen LogP contribution >= 0.6 is 27.5 Å². The summed E-state index contributed by atoms with van der Waals surface area (Å²) in [4.78, 5) is 22.0. The van der Waals surface area contributed by atoms with Gasteiger partial charge in [-0.1, -0.05) is 11.6 Å². The SMILES string of the molecule is COC(=O)c1ccc(Br)c(C(=O)O)c1Cl. The monoisotopic (exact) mass is 292 g/mol. The zero-order valence-corrected chi connectivity index (χ0v) is 9.92. The van der Waals surface area contributed by atoms with Crippen LogP contribution in [0.1, 0.15) is 20.7 Å². The Bertz CT molecular complexity index is 430. The number of aromatic carboxylic acids is 1. The third kappa shape index (κ3) is 2.30. The molecular formula is C9H6BrClO4. The molecule has 0 saturated heterocycles. The van der Waals surface area contributed by atoms with Gasteiger partial charge in [0.05, 0.1) is 23.3 Å². The third-order valence-corrected chi connectivity index (χ3v) is 2.76. The summed E-state index contributed by atoms with van der Waals surface area (Å²) in [6.45, 7) is 0. The standard InChI is InChI=1S/C9H6BrClO4/c1-15-9(14)4-2-3-5(10)6(7(4)11)8(12)13/h2-3H,1H3,(H,12,13). The van der Waals surface area contributed by atoms with Crippen molar-refractivity contribution in [2.24, 2.45) is 0 Å². The molecule has 80 valence electrons. The number of methoxy groups -OCH3 is 1. The summed E-state index contributed by atoms with van der Waals surface area (Å²) in [6.07, 6.45) is 0. The maximum absolute atomic E-state index is 11.2. The lowest BCUT2D eigenvalue weighted by atomic mass is 10.1. The van der Waals surface area contributed by atoms with Crippen molar-refractivity contribution in [1.29, 1.82) is 0 Å². The zero-order valence-electron chi connectivity index (χ0n) is 7.58. The number of rotatable bonds is 2. The molecule has 0 aliphatic carbocycles. The molecule has 0 atom stereocenters. The number of carbonyl (C=O) groups excluding carboxylic acids is 1. The predicted octanol–water partition coefficient (Wildman–Crippen LogP) is 2.59. The van der Waals surface area contributed by atoms with Gasteiger partial charge in [-0.25, -0.2) is 9.59 Å². The van der Waals surface area contributed by atoms with Gasteiger partial charge in [-0.2, -0.15) is 0 Å². The summed E-state index contributed by atoms with van der Waals surface area (Å²) in [5.74, 6) is -1.88. The molecule has 0 heterocycles.